The zero-order chi connectivity index (χ0) is 24.4. The Kier molecular flexibility index (Phi) is 6.56. The molecule has 2 N–H and O–H groups in total. The number of anilines is 3. The van der Waals surface area contributed by atoms with Crippen molar-refractivity contribution in [2.24, 2.45) is 0 Å². The van der Waals surface area contributed by atoms with Crippen LogP contribution in [0.5, 0.6) is 0 Å². The van der Waals surface area contributed by atoms with Crippen molar-refractivity contribution < 1.29 is 4.79 Å². The highest BCUT2D eigenvalue weighted by Crippen LogP contribution is 2.37. The molecular formula is C25H28N8OS. The van der Waals surface area contributed by atoms with E-state index in [0.717, 1.165) is 58.5 Å². The van der Waals surface area contributed by atoms with Gasteiger partial charge in [-0.25, -0.2) is 15.0 Å². The quantitative estimate of drug-likeness (QED) is 0.421. The molecule has 1 aliphatic rings. The molecule has 180 valence electrons. The van der Waals surface area contributed by atoms with E-state index in [1.807, 2.05) is 19.3 Å². The van der Waals surface area contributed by atoms with Gasteiger partial charge in [0, 0.05) is 81.1 Å². The maximum absolute atomic E-state index is 12.6. The topological polar surface area (TPSA) is 99.2 Å². The second-order valence-electron chi connectivity index (χ2n) is 8.70. The van der Waals surface area contributed by atoms with E-state index in [1.165, 1.54) is 0 Å². The SMILES string of the molecule is CNc1ncc(-c2nc3cc(NC(=O)c4ccncc4)ncc3cc2N2CCN(C(C)C)CC2)s1. The van der Waals surface area contributed by atoms with Crippen molar-refractivity contribution in [3.63, 3.8) is 0 Å². The average Bonchev–Trinajstić information content (AvgIpc) is 3.38. The van der Waals surface area contributed by atoms with Gasteiger partial charge in [0.05, 0.1) is 16.1 Å². The predicted molar refractivity (Wildman–Crippen MR) is 141 cm³/mol. The number of aromatic nitrogens is 4. The molecule has 1 fully saturated rings. The lowest BCUT2D eigenvalue weighted by atomic mass is 10.1. The van der Waals surface area contributed by atoms with Gasteiger partial charge in [-0.3, -0.25) is 14.7 Å². The number of carbonyl (C=O) groups is 1. The van der Waals surface area contributed by atoms with Crippen molar-refractivity contribution in [3.8, 4) is 10.6 Å². The van der Waals surface area contributed by atoms with Crippen LogP contribution < -0.4 is 15.5 Å². The highest BCUT2D eigenvalue weighted by Gasteiger charge is 2.23. The van der Waals surface area contributed by atoms with Crippen molar-refractivity contribution in [1.82, 2.24) is 24.8 Å². The fourth-order valence-electron chi connectivity index (χ4n) is 4.22. The molecule has 0 aromatic carbocycles. The normalized spacial score (nSPS) is 14.5. The standard InChI is InChI=1S/C25H28N8OS/c1-16(2)32-8-10-33(11-9-32)20-12-18-14-28-22(31-24(34)17-4-6-27-7-5-17)13-19(18)30-23(20)21-15-29-25(26-3)35-21/h4-7,12-16H,8-11H2,1-3H3,(H,26,29)(H,28,31,34). The molecule has 1 aliphatic heterocycles. The first-order valence-corrected chi connectivity index (χ1v) is 12.5. The summed E-state index contributed by atoms with van der Waals surface area (Å²) in [5, 5.41) is 7.75. The van der Waals surface area contributed by atoms with Gasteiger partial charge in [-0.05, 0) is 32.0 Å². The van der Waals surface area contributed by atoms with E-state index < -0.39 is 0 Å². The summed E-state index contributed by atoms with van der Waals surface area (Å²) in [7, 11) is 1.87. The number of hydrogen-bond acceptors (Lipinski definition) is 9. The third-order valence-corrected chi connectivity index (χ3v) is 7.22. The Balaban J connectivity index is 1.50. The first kappa shape index (κ1) is 23.1. The Bertz CT molecular complexity index is 1330. The van der Waals surface area contributed by atoms with Gasteiger partial charge in [0.2, 0.25) is 0 Å². The molecule has 1 amide bonds. The molecule has 0 saturated carbocycles. The van der Waals surface area contributed by atoms with Gasteiger partial charge in [0.25, 0.3) is 5.91 Å². The number of nitrogens with one attached hydrogen (secondary N) is 2. The molecule has 4 aromatic rings. The minimum atomic E-state index is -0.236. The Morgan fingerprint density at radius 3 is 2.51 bits per heavy atom. The van der Waals surface area contributed by atoms with Crippen LogP contribution in [0.2, 0.25) is 0 Å². The molecule has 35 heavy (non-hydrogen) atoms. The molecule has 0 spiro atoms. The fourth-order valence-corrected chi connectivity index (χ4v) is 4.99. The van der Waals surface area contributed by atoms with Crippen LogP contribution in [0, 0.1) is 0 Å². The molecule has 0 radical (unpaired) electrons. The van der Waals surface area contributed by atoms with E-state index in [2.05, 4.69) is 55.3 Å². The summed E-state index contributed by atoms with van der Waals surface area (Å²) in [6, 6.07) is 7.85. The van der Waals surface area contributed by atoms with Gasteiger partial charge >= 0.3 is 0 Å². The second-order valence-corrected chi connectivity index (χ2v) is 9.74. The Hall–Kier alpha value is -3.63. The monoisotopic (exact) mass is 488 g/mol. The van der Waals surface area contributed by atoms with Crippen LogP contribution in [0.3, 0.4) is 0 Å². The summed E-state index contributed by atoms with van der Waals surface area (Å²) in [6.45, 7) is 8.38. The molecule has 4 aromatic heterocycles. The number of rotatable bonds is 6. The number of carbonyl (C=O) groups excluding carboxylic acids is 1. The van der Waals surface area contributed by atoms with Crippen molar-refractivity contribution >= 4 is 44.8 Å². The molecule has 1 saturated heterocycles. The minimum Gasteiger partial charge on any atom is -0.367 e. The van der Waals surface area contributed by atoms with E-state index in [-0.39, 0.29) is 5.91 Å². The summed E-state index contributed by atoms with van der Waals surface area (Å²) in [5.41, 5.74) is 3.27. The fraction of sp³-hybridized carbons (Fsp3) is 0.320. The molecule has 0 atom stereocenters. The molecule has 0 aliphatic carbocycles. The predicted octanol–water partition coefficient (Wildman–Crippen LogP) is 3.97. The van der Waals surface area contributed by atoms with Crippen LogP contribution in [0.25, 0.3) is 21.5 Å². The van der Waals surface area contributed by atoms with Crippen LogP contribution in [0.15, 0.2) is 49.1 Å². The number of nitrogens with zero attached hydrogens (tertiary/aromatic N) is 6. The summed E-state index contributed by atoms with van der Waals surface area (Å²) < 4.78 is 0. The van der Waals surface area contributed by atoms with Crippen LogP contribution in [0.1, 0.15) is 24.2 Å². The minimum absolute atomic E-state index is 0.236. The Morgan fingerprint density at radius 2 is 1.83 bits per heavy atom. The Labute approximate surface area is 208 Å². The van der Waals surface area contributed by atoms with Gasteiger partial charge in [-0.2, -0.15) is 0 Å². The number of amides is 1. The molecule has 0 unspecified atom stereocenters. The largest absolute Gasteiger partial charge is 0.367 e. The van der Waals surface area contributed by atoms with Gasteiger partial charge in [-0.15, -0.1) is 0 Å². The summed E-state index contributed by atoms with van der Waals surface area (Å²) >= 11 is 1.58. The first-order valence-electron chi connectivity index (χ1n) is 11.7. The van der Waals surface area contributed by atoms with Crippen molar-refractivity contribution in [2.75, 3.05) is 48.8 Å². The van der Waals surface area contributed by atoms with E-state index >= 15 is 0 Å². The van der Waals surface area contributed by atoms with Crippen molar-refractivity contribution in [1.29, 1.82) is 0 Å². The van der Waals surface area contributed by atoms with E-state index in [9.17, 15) is 4.79 Å². The van der Waals surface area contributed by atoms with Gasteiger partial charge in [-0.1, -0.05) is 11.3 Å². The third kappa shape index (κ3) is 4.94. The Morgan fingerprint density at radius 1 is 1.06 bits per heavy atom. The van der Waals surface area contributed by atoms with Crippen LogP contribution in [-0.2, 0) is 0 Å². The lowest BCUT2D eigenvalue weighted by molar-refractivity contribution is 0.102. The molecule has 0 bridgehead atoms. The molecule has 5 heterocycles. The molecule has 9 nitrogen and oxygen atoms in total. The lowest BCUT2D eigenvalue weighted by Crippen LogP contribution is -2.49. The van der Waals surface area contributed by atoms with Gasteiger partial charge < -0.3 is 15.5 Å². The number of piperazine rings is 1. The zero-order valence-corrected chi connectivity index (χ0v) is 20.8. The number of pyridine rings is 3. The van der Waals surface area contributed by atoms with E-state index in [1.54, 1.807) is 42.1 Å². The molecular weight excluding hydrogens is 460 g/mol. The number of hydrogen-bond donors (Lipinski definition) is 2. The van der Waals surface area contributed by atoms with Crippen molar-refractivity contribution in [3.05, 3.63) is 54.6 Å². The highest BCUT2D eigenvalue weighted by atomic mass is 32.1. The summed E-state index contributed by atoms with van der Waals surface area (Å²) in [5.74, 6) is 0.219. The van der Waals surface area contributed by atoms with Gasteiger partial charge in [0.15, 0.2) is 5.13 Å². The highest BCUT2D eigenvalue weighted by molar-refractivity contribution is 7.18. The van der Waals surface area contributed by atoms with Crippen molar-refractivity contribution in [2.45, 2.75) is 19.9 Å². The smallest absolute Gasteiger partial charge is 0.256 e. The zero-order valence-electron chi connectivity index (χ0n) is 20.0. The average molecular weight is 489 g/mol. The summed E-state index contributed by atoms with van der Waals surface area (Å²) in [4.78, 5) is 36.4. The molecule has 5 rings (SSSR count). The first-order chi connectivity index (χ1) is 17.0. The van der Waals surface area contributed by atoms with Crippen LogP contribution in [-0.4, -0.2) is 70.0 Å². The maximum atomic E-state index is 12.6. The lowest BCUT2D eigenvalue weighted by Gasteiger charge is -2.38. The number of thiazole rings is 1. The maximum Gasteiger partial charge on any atom is 0.256 e. The van der Waals surface area contributed by atoms with E-state index in [0.29, 0.717) is 17.4 Å². The summed E-state index contributed by atoms with van der Waals surface area (Å²) in [6.07, 6.45) is 6.82. The van der Waals surface area contributed by atoms with E-state index in [4.69, 9.17) is 4.98 Å². The van der Waals surface area contributed by atoms with Gasteiger partial charge in [0.1, 0.15) is 11.5 Å². The second kappa shape index (κ2) is 9.93. The molecule has 10 heteroatoms. The number of fused-ring (bicyclic) bond motifs is 1. The van der Waals surface area contributed by atoms with Crippen LogP contribution in [0.4, 0.5) is 16.6 Å². The van der Waals surface area contributed by atoms with Crippen LogP contribution >= 0.6 is 11.3 Å². The third-order valence-electron chi connectivity index (χ3n) is 6.20.